The Hall–Kier alpha value is -3.27. The lowest BCUT2D eigenvalue weighted by Crippen LogP contribution is -2.52. The van der Waals surface area contributed by atoms with Crippen LogP contribution in [0.15, 0.2) is 42.7 Å². The van der Waals surface area contributed by atoms with Crippen molar-refractivity contribution in [3.8, 4) is 17.0 Å². The van der Waals surface area contributed by atoms with Crippen molar-refractivity contribution in [3.05, 3.63) is 53.9 Å². The molecule has 1 unspecified atom stereocenters. The highest BCUT2D eigenvalue weighted by atomic mass is 16.5. The number of piperidine rings is 2. The first-order chi connectivity index (χ1) is 19.9. The van der Waals surface area contributed by atoms with Crippen LogP contribution in [0.3, 0.4) is 0 Å². The van der Waals surface area contributed by atoms with Crippen molar-refractivity contribution in [2.24, 2.45) is 5.92 Å². The van der Waals surface area contributed by atoms with Crippen molar-refractivity contribution in [2.75, 3.05) is 39.0 Å². The molecule has 9 nitrogen and oxygen atoms in total. The van der Waals surface area contributed by atoms with E-state index in [0.29, 0.717) is 47.3 Å². The fourth-order valence-corrected chi connectivity index (χ4v) is 6.54. The smallest absolute Gasteiger partial charge is 0.153 e. The Morgan fingerprint density at radius 2 is 1.76 bits per heavy atom. The van der Waals surface area contributed by atoms with E-state index in [0.717, 1.165) is 11.1 Å². The van der Waals surface area contributed by atoms with Gasteiger partial charge in [0.05, 0.1) is 30.1 Å². The molecule has 3 N–H and O–H groups in total. The Morgan fingerprint density at radius 1 is 1.00 bits per heavy atom. The molecule has 9 heteroatoms. The summed E-state index contributed by atoms with van der Waals surface area (Å²) in [7, 11) is 2.20. The van der Waals surface area contributed by atoms with Crippen LogP contribution in [-0.2, 0) is 4.74 Å². The average molecular weight is 558 g/mol. The number of ether oxygens (including phenoxy) is 1. The molecule has 3 aliphatic rings. The molecule has 0 radical (unpaired) electrons. The first kappa shape index (κ1) is 27.9. The van der Waals surface area contributed by atoms with Gasteiger partial charge in [-0.3, -0.25) is 4.68 Å². The summed E-state index contributed by atoms with van der Waals surface area (Å²) in [6, 6.07) is 9.98. The molecule has 0 spiro atoms. The van der Waals surface area contributed by atoms with Crippen LogP contribution < -0.4 is 5.73 Å². The van der Waals surface area contributed by atoms with Crippen molar-refractivity contribution in [1.29, 1.82) is 0 Å². The van der Waals surface area contributed by atoms with Crippen molar-refractivity contribution < 1.29 is 9.84 Å². The Morgan fingerprint density at radius 3 is 2.51 bits per heavy atom. The van der Waals surface area contributed by atoms with Crippen LogP contribution in [0.4, 0.5) is 5.82 Å². The van der Waals surface area contributed by atoms with E-state index in [2.05, 4.69) is 44.8 Å². The van der Waals surface area contributed by atoms with Gasteiger partial charge in [-0.2, -0.15) is 5.10 Å². The quantitative estimate of drug-likeness (QED) is 0.410. The molecular weight excluding hydrogens is 514 g/mol. The number of phenolic OH excluding ortho intramolecular Hbond substituents is 1. The Balaban J connectivity index is 0.991. The summed E-state index contributed by atoms with van der Waals surface area (Å²) in [5.74, 6) is 1.13. The van der Waals surface area contributed by atoms with Crippen molar-refractivity contribution in [1.82, 2.24) is 29.8 Å². The van der Waals surface area contributed by atoms with Crippen LogP contribution >= 0.6 is 0 Å². The number of para-hydroxylation sites is 1. The van der Waals surface area contributed by atoms with Gasteiger partial charge in [-0.05, 0) is 89.7 Å². The van der Waals surface area contributed by atoms with Crippen LogP contribution in [0.1, 0.15) is 62.6 Å². The first-order valence-corrected chi connectivity index (χ1v) is 15.1. The number of nitrogens with zero attached hydrogens (tertiary/aromatic N) is 6. The maximum Gasteiger partial charge on any atom is 0.153 e. The average Bonchev–Trinajstić information content (AvgIpc) is 3.44. The summed E-state index contributed by atoms with van der Waals surface area (Å²) in [5, 5.41) is 23.1. The molecule has 0 amide bonds. The predicted molar refractivity (Wildman–Crippen MR) is 162 cm³/mol. The summed E-state index contributed by atoms with van der Waals surface area (Å²) >= 11 is 0. The molecule has 41 heavy (non-hydrogen) atoms. The van der Waals surface area contributed by atoms with Crippen LogP contribution in [0, 0.1) is 5.92 Å². The molecule has 3 fully saturated rings. The molecule has 1 aromatic carbocycles. The molecular formula is C32H43N7O2. The fourth-order valence-electron chi connectivity index (χ4n) is 6.54. The highest BCUT2D eigenvalue weighted by Gasteiger charge is 2.38. The topological polar surface area (TPSA) is 106 Å². The van der Waals surface area contributed by atoms with E-state index in [1.54, 1.807) is 12.1 Å². The highest BCUT2D eigenvalue weighted by molar-refractivity contribution is 5.77. The van der Waals surface area contributed by atoms with E-state index in [4.69, 9.17) is 15.6 Å². The third-order valence-electron chi connectivity index (χ3n) is 9.42. The lowest BCUT2D eigenvalue weighted by atomic mass is 9.83. The van der Waals surface area contributed by atoms with E-state index in [1.165, 1.54) is 64.7 Å². The number of benzene rings is 1. The number of nitrogens with two attached hydrogens (primary N) is 1. The van der Waals surface area contributed by atoms with Gasteiger partial charge in [0.15, 0.2) is 5.82 Å². The van der Waals surface area contributed by atoms with Crippen LogP contribution in [0.2, 0.25) is 0 Å². The van der Waals surface area contributed by atoms with Gasteiger partial charge in [0.25, 0.3) is 0 Å². The molecule has 2 aromatic heterocycles. The monoisotopic (exact) mass is 557 g/mol. The normalized spacial score (nSPS) is 24.0. The number of phenols is 1. The summed E-state index contributed by atoms with van der Waals surface area (Å²) in [6.45, 7) is 6.96. The molecule has 218 valence electrons. The van der Waals surface area contributed by atoms with E-state index in [-0.39, 0.29) is 5.75 Å². The lowest BCUT2D eigenvalue weighted by molar-refractivity contribution is -0.106. The van der Waals surface area contributed by atoms with E-state index >= 15 is 0 Å². The largest absolute Gasteiger partial charge is 0.507 e. The summed E-state index contributed by atoms with van der Waals surface area (Å²) in [5.41, 5.74) is 9.07. The van der Waals surface area contributed by atoms with Crippen molar-refractivity contribution >= 4 is 18.0 Å². The standard InChI is InChI=1S/C32H43N7O2/c1-22(24-9-15-38(16-10-24)26-18-28(19-26)41-27-11-13-37(2)14-12-27)39-21-23(20-34-39)7-8-25-17-30(35-36-32(25)33)29-5-3-4-6-31(29)40/h3-8,17,20-22,24,26-28,40H,9-16,18-19H2,1-2H3,(H2,33,36)/b8-7+. The molecule has 1 aliphatic carbocycles. The lowest BCUT2D eigenvalue weighted by Gasteiger charge is -2.47. The Kier molecular flexibility index (Phi) is 8.37. The number of aromatic hydroxyl groups is 1. The molecule has 2 saturated heterocycles. The minimum Gasteiger partial charge on any atom is -0.507 e. The third-order valence-corrected chi connectivity index (χ3v) is 9.42. The number of anilines is 1. The minimum atomic E-state index is 0.163. The highest BCUT2D eigenvalue weighted by Crippen LogP contribution is 2.36. The summed E-state index contributed by atoms with van der Waals surface area (Å²) in [4.78, 5) is 5.10. The number of hydrogen-bond acceptors (Lipinski definition) is 8. The Bertz CT molecular complexity index is 1340. The van der Waals surface area contributed by atoms with Crippen molar-refractivity contribution in [3.63, 3.8) is 0 Å². The van der Waals surface area contributed by atoms with Gasteiger partial charge in [0.1, 0.15) is 5.75 Å². The SMILES string of the molecule is CC(C1CCN(C2CC(OC3CCN(C)CC3)C2)CC1)n1cc(/C=C/c2cc(-c3ccccc3O)nnc2N)cn1. The number of rotatable bonds is 8. The van der Waals surface area contributed by atoms with E-state index < -0.39 is 0 Å². The molecule has 6 rings (SSSR count). The van der Waals surface area contributed by atoms with Gasteiger partial charge in [0.2, 0.25) is 0 Å². The van der Waals surface area contributed by atoms with Gasteiger partial charge in [0, 0.05) is 42.0 Å². The fraction of sp³-hybridized carbons (Fsp3) is 0.531. The molecule has 1 atom stereocenters. The minimum absolute atomic E-state index is 0.163. The third kappa shape index (κ3) is 6.47. The second-order valence-electron chi connectivity index (χ2n) is 12.2. The number of hydrogen-bond donors (Lipinski definition) is 2. The Labute approximate surface area is 243 Å². The van der Waals surface area contributed by atoms with Gasteiger partial charge in [-0.1, -0.05) is 24.3 Å². The maximum atomic E-state index is 10.2. The van der Waals surface area contributed by atoms with Gasteiger partial charge >= 0.3 is 0 Å². The zero-order chi connectivity index (χ0) is 28.3. The maximum absolute atomic E-state index is 10.2. The second-order valence-corrected chi connectivity index (χ2v) is 12.2. The van der Waals surface area contributed by atoms with E-state index in [9.17, 15) is 5.11 Å². The molecule has 3 aromatic rings. The van der Waals surface area contributed by atoms with Gasteiger partial charge in [-0.15, -0.1) is 10.2 Å². The zero-order valence-corrected chi connectivity index (χ0v) is 24.3. The number of aromatic nitrogens is 4. The second kappa shape index (κ2) is 12.3. The summed E-state index contributed by atoms with van der Waals surface area (Å²) in [6.07, 6.45) is 16.1. The van der Waals surface area contributed by atoms with Crippen LogP contribution in [-0.4, -0.2) is 86.4 Å². The summed E-state index contributed by atoms with van der Waals surface area (Å²) < 4.78 is 8.52. The van der Waals surface area contributed by atoms with Crippen LogP contribution in [0.5, 0.6) is 5.75 Å². The number of likely N-dealkylation sites (tertiary alicyclic amines) is 2. The molecule has 4 heterocycles. The van der Waals surface area contributed by atoms with Gasteiger partial charge in [-0.25, -0.2) is 0 Å². The predicted octanol–water partition coefficient (Wildman–Crippen LogP) is 4.71. The van der Waals surface area contributed by atoms with Crippen LogP contribution in [0.25, 0.3) is 23.4 Å². The molecule has 0 bridgehead atoms. The zero-order valence-electron chi connectivity index (χ0n) is 24.3. The molecule has 1 saturated carbocycles. The van der Waals surface area contributed by atoms with Gasteiger partial charge < -0.3 is 25.4 Å². The van der Waals surface area contributed by atoms with Crippen molar-refractivity contribution in [2.45, 2.75) is 69.7 Å². The molecule has 2 aliphatic heterocycles. The number of nitrogen functional groups attached to an aromatic ring is 1. The van der Waals surface area contributed by atoms with E-state index in [1.807, 2.05) is 36.5 Å². The first-order valence-electron chi connectivity index (χ1n) is 15.1.